The largest absolute Gasteiger partial charge is 0.480 e. The molecule has 0 spiro atoms. The number of hydrogen-bond acceptors (Lipinski definition) is 5. The average Bonchev–Trinajstić information content (AvgIpc) is 3.46. The predicted octanol–water partition coefficient (Wildman–Crippen LogP) is 3.44. The Morgan fingerprint density at radius 1 is 0.917 bits per heavy atom. The molecule has 7 heteroatoms. The third kappa shape index (κ3) is 4.03. The fraction of sp³-hybridized carbons (Fsp3) is 0.931. The van der Waals surface area contributed by atoms with Crippen LogP contribution in [-0.4, -0.2) is 68.1 Å². The molecule has 0 aromatic rings. The van der Waals surface area contributed by atoms with Crippen LogP contribution in [0.2, 0.25) is 0 Å². The van der Waals surface area contributed by atoms with Gasteiger partial charge in [-0.2, -0.15) is 0 Å². The van der Waals surface area contributed by atoms with E-state index in [1.807, 2.05) is 0 Å². The highest BCUT2D eigenvalue weighted by molar-refractivity contribution is 5.84. The number of aliphatic hydroxyl groups excluding tert-OH is 3. The van der Waals surface area contributed by atoms with Gasteiger partial charge in [0.05, 0.1) is 18.3 Å². The molecule has 204 valence electrons. The summed E-state index contributed by atoms with van der Waals surface area (Å²) in [4.78, 5) is 26.0. The van der Waals surface area contributed by atoms with Gasteiger partial charge in [-0.05, 0) is 111 Å². The Bertz CT molecular complexity index is 865. The number of likely N-dealkylation sites (tertiary alicyclic amines) is 1. The van der Waals surface area contributed by atoms with Crippen LogP contribution in [0.5, 0.6) is 0 Å². The van der Waals surface area contributed by atoms with Crippen LogP contribution < -0.4 is 0 Å². The van der Waals surface area contributed by atoms with Crippen molar-refractivity contribution in [1.29, 1.82) is 0 Å². The summed E-state index contributed by atoms with van der Waals surface area (Å²) in [6.07, 6.45) is 7.21. The SMILES string of the molecule is C[C@H](CCC(=O)N1CCC[C@H]1C(=O)O)[C@H]1CCC2C3C(CC[C@@]21C)[C@@]1(C)CC[C@@H](O)C[C@H]1[C@@H](O)[C@H]3O. The van der Waals surface area contributed by atoms with E-state index in [1.54, 1.807) is 4.90 Å². The Labute approximate surface area is 215 Å². The molecule has 4 N–H and O–H groups in total. The van der Waals surface area contributed by atoms with Crippen LogP contribution in [0.1, 0.15) is 91.4 Å². The number of carbonyl (C=O) groups excluding carboxylic acids is 1. The Morgan fingerprint density at radius 2 is 1.61 bits per heavy atom. The van der Waals surface area contributed by atoms with Gasteiger partial charge in [0.1, 0.15) is 6.04 Å². The van der Waals surface area contributed by atoms with Crippen molar-refractivity contribution < 1.29 is 30.0 Å². The summed E-state index contributed by atoms with van der Waals surface area (Å²) in [7, 11) is 0. The summed E-state index contributed by atoms with van der Waals surface area (Å²) in [6.45, 7) is 7.50. The topological polar surface area (TPSA) is 118 Å². The summed E-state index contributed by atoms with van der Waals surface area (Å²) in [5, 5.41) is 42.4. The Morgan fingerprint density at radius 3 is 2.33 bits per heavy atom. The third-order valence-electron chi connectivity index (χ3n) is 12.2. The Kier molecular flexibility index (Phi) is 7.00. The van der Waals surface area contributed by atoms with Gasteiger partial charge < -0.3 is 25.3 Å². The zero-order valence-corrected chi connectivity index (χ0v) is 22.3. The summed E-state index contributed by atoms with van der Waals surface area (Å²) in [5.74, 6) is 0.694. The van der Waals surface area contributed by atoms with E-state index in [1.165, 1.54) is 0 Å². The van der Waals surface area contributed by atoms with Crippen LogP contribution in [0.25, 0.3) is 0 Å². The Hall–Kier alpha value is -1.18. The number of nitrogens with zero attached hydrogens (tertiary/aromatic N) is 1. The summed E-state index contributed by atoms with van der Waals surface area (Å²) in [5.41, 5.74) is 0.0509. The second-order valence-corrected chi connectivity index (χ2v) is 13.6. The lowest BCUT2D eigenvalue weighted by atomic mass is 9.43. The van der Waals surface area contributed by atoms with Gasteiger partial charge in [0, 0.05) is 13.0 Å². The molecule has 36 heavy (non-hydrogen) atoms. The van der Waals surface area contributed by atoms with Crippen molar-refractivity contribution in [2.75, 3.05) is 6.54 Å². The predicted molar refractivity (Wildman–Crippen MR) is 135 cm³/mol. The molecule has 4 aliphatic carbocycles. The van der Waals surface area contributed by atoms with E-state index in [4.69, 9.17) is 0 Å². The average molecular weight is 506 g/mol. The molecule has 0 aromatic carbocycles. The first kappa shape index (κ1) is 26.4. The number of fused-ring (bicyclic) bond motifs is 5. The molecule has 7 nitrogen and oxygen atoms in total. The highest BCUT2D eigenvalue weighted by Gasteiger charge is 2.65. The number of carboxylic acids is 1. The molecule has 1 aliphatic heterocycles. The van der Waals surface area contributed by atoms with E-state index < -0.39 is 24.2 Å². The Balaban J connectivity index is 1.28. The van der Waals surface area contributed by atoms with E-state index in [0.717, 1.165) is 51.4 Å². The monoisotopic (exact) mass is 505 g/mol. The lowest BCUT2D eigenvalue weighted by Crippen LogP contribution is -2.64. The molecule has 5 rings (SSSR count). The standard InChI is InChI=1S/C29H47NO6/c1-16(6-9-23(32)30-14-4-5-22(30)27(35)36)18-7-8-19-24-20(11-13-28(18,19)2)29(3)12-10-17(31)15-21(29)25(33)26(24)34/h16-22,24-26,31,33-34H,4-15H2,1-3H3,(H,35,36)/t16-,17-,18-,19?,20?,21+,22+,24?,25-,26+,28-,29-/m1/s1. The van der Waals surface area contributed by atoms with Gasteiger partial charge in [0.2, 0.25) is 5.91 Å². The summed E-state index contributed by atoms with van der Waals surface area (Å²) < 4.78 is 0. The van der Waals surface area contributed by atoms with Gasteiger partial charge in [-0.15, -0.1) is 0 Å². The van der Waals surface area contributed by atoms with Crippen LogP contribution in [0, 0.1) is 46.3 Å². The quantitative estimate of drug-likeness (QED) is 0.455. The minimum Gasteiger partial charge on any atom is -0.480 e. The zero-order valence-electron chi connectivity index (χ0n) is 22.3. The number of rotatable bonds is 5. The van der Waals surface area contributed by atoms with Gasteiger partial charge in [-0.1, -0.05) is 20.8 Å². The van der Waals surface area contributed by atoms with Gasteiger partial charge in [-0.3, -0.25) is 4.79 Å². The van der Waals surface area contributed by atoms with E-state index in [9.17, 15) is 30.0 Å². The lowest BCUT2D eigenvalue weighted by molar-refractivity contribution is -0.223. The van der Waals surface area contributed by atoms with Crippen molar-refractivity contribution in [2.24, 2.45) is 46.3 Å². The van der Waals surface area contributed by atoms with E-state index in [2.05, 4.69) is 20.8 Å². The first-order valence-electron chi connectivity index (χ1n) is 14.6. The van der Waals surface area contributed by atoms with E-state index in [0.29, 0.717) is 49.5 Å². The second kappa shape index (κ2) is 9.53. The molecule has 5 aliphatic rings. The highest BCUT2D eigenvalue weighted by Crippen LogP contribution is 2.68. The van der Waals surface area contributed by atoms with Crippen molar-refractivity contribution in [1.82, 2.24) is 4.90 Å². The fourth-order valence-electron chi connectivity index (χ4n) is 10.2. The zero-order chi connectivity index (χ0) is 26.0. The van der Waals surface area contributed by atoms with Crippen molar-refractivity contribution in [3.8, 4) is 0 Å². The molecule has 0 aromatic heterocycles. The molecule has 3 unspecified atom stereocenters. The fourth-order valence-corrected chi connectivity index (χ4v) is 10.2. The second-order valence-electron chi connectivity index (χ2n) is 13.6. The smallest absolute Gasteiger partial charge is 0.326 e. The molecule has 1 heterocycles. The maximum atomic E-state index is 12.9. The summed E-state index contributed by atoms with van der Waals surface area (Å²) >= 11 is 0. The number of hydrogen-bond donors (Lipinski definition) is 4. The number of carboxylic acid groups (broad SMARTS) is 1. The van der Waals surface area contributed by atoms with Crippen LogP contribution in [0.15, 0.2) is 0 Å². The van der Waals surface area contributed by atoms with Crippen LogP contribution in [0.3, 0.4) is 0 Å². The van der Waals surface area contributed by atoms with Crippen LogP contribution in [-0.2, 0) is 9.59 Å². The van der Waals surface area contributed by atoms with Gasteiger partial charge in [0.15, 0.2) is 0 Å². The number of aliphatic carboxylic acids is 1. The minimum absolute atomic E-state index is 0.0283. The lowest BCUT2D eigenvalue weighted by Gasteiger charge is -2.63. The molecule has 12 atom stereocenters. The third-order valence-corrected chi connectivity index (χ3v) is 12.2. The molecule has 1 amide bonds. The van der Waals surface area contributed by atoms with Gasteiger partial charge >= 0.3 is 5.97 Å². The molecule has 1 saturated heterocycles. The highest BCUT2D eigenvalue weighted by atomic mass is 16.4. The van der Waals surface area contributed by atoms with Crippen LogP contribution >= 0.6 is 0 Å². The molecule has 5 fully saturated rings. The van der Waals surface area contributed by atoms with E-state index in [-0.39, 0.29) is 34.7 Å². The maximum Gasteiger partial charge on any atom is 0.326 e. The summed E-state index contributed by atoms with van der Waals surface area (Å²) in [6, 6.07) is -0.665. The first-order chi connectivity index (χ1) is 17.0. The number of amides is 1. The molecule has 0 bridgehead atoms. The molecule has 0 radical (unpaired) electrons. The molecular formula is C29H47NO6. The van der Waals surface area contributed by atoms with Crippen molar-refractivity contribution in [3.05, 3.63) is 0 Å². The van der Waals surface area contributed by atoms with E-state index >= 15 is 0 Å². The van der Waals surface area contributed by atoms with Crippen molar-refractivity contribution in [3.63, 3.8) is 0 Å². The van der Waals surface area contributed by atoms with Crippen LogP contribution in [0.4, 0.5) is 0 Å². The molecule has 4 saturated carbocycles. The maximum absolute atomic E-state index is 12.9. The van der Waals surface area contributed by atoms with Gasteiger partial charge in [-0.25, -0.2) is 4.79 Å². The minimum atomic E-state index is -0.895. The normalized spacial score (nSPS) is 49.2. The number of aliphatic hydroxyl groups is 3. The molecular weight excluding hydrogens is 458 g/mol. The van der Waals surface area contributed by atoms with Crippen molar-refractivity contribution >= 4 is 11.9 Å². The number of carbonyl (C=O) groups is 2. The first-order valence-corrected chi connectivity index (χ1v) is 14.6. The van der Waals surface area contributed by atoms with Gasteiger partial charge in [0.25, 0.3) is 0 Å². The van der Waals surface area contributed by atoms with Crippen molar-refractivity contribution in [2.45, 2.75) is 116 Å².